The summed E-state index contributed by atoms with van der Waals surface area (Å²) in [5, 5.41) is 11.0. The summed E-state index contributed by atoms with van der Waals surface area (Å²) in [6.07, 6.45) is 2.20. The zero-order valence-corrected chi connectivity index (χ0v) is 24.2. The second kappa shape index (κ2) is 11.5. The van der Waals surface area contributed by atoms with Gasteiger partial charge in [0.1, 0.15) is 11.9 Å². The van der Waals surface area contributed by atoms with Gasteiger partial charge in [0.05, 0.1) is 22.6 Å². The molecule has 9 nitrogen and oxygen atoms in total. The summed E-state index contributed by atoms with van der Waals surface area (Å²) in [6, 6.07) is 13.2. The van der Waals surface area contributed by atoms with Crippen molar-refractivity contribution in [1.29, 1.82) is 0 Å². The third kappa shape index (κ3) is 6.78. The van der Waals surface area contributed by atoms with Gasteiger partial charge in [-0.15, -0.1) is 0 Å². The van der Waals surface area contributed by atoms with Gasteiger partial charge in [0.15, 0.2) is 9.84 Å². The summed E-state index contributed by atoms with van der Waals surface area (Å²) in [5.41, 5.74) is 2.01. The van der Waals surface area contributed by atoms with Gasteiger partial charge in [0.25, 0.3) is 11.8 Å². The van der Waals surface area contributed by atoms with E-state index in [0.29, 0.717) is 30.4 Å². The molecule has 0 aromatic heterocycles. The van der Waals surface area contributed by atoms with Crippen LogP contribution < -0.4 is 5.32 Å². The van der Waals surface area contributed by atoms with Crippen LogP contribution in [0.15, 0.2) is 58.4 Å². The Morgan fingerprint density at radius 1 is 1.12 bits per heavy atom. The Morgan fingerprint density at radius 2 is 1.80 bits per heavy atom. The van der Waals surface area contributed by atoms with Crippen LogP contribution in [-0.2, 0) is 19.4 Å². The highest BCUT2D eigenvalue weighted by molar-refractivity contribution is 7.92. The minimum absolute atomic E-state index is 0.0173. The van der Waals surface area contributed by atoms with Crippen molar-refractivity contribution in [2.75, 3.05) is 6.54 Å². The molecule has 10 heteroatoms. The Labute approximate surface area is 235 Å². The molecule has 2 amide bonds. The van der Waals surface area contributed by atoms with Gasteiger partial charge in [-0.3, -0.25) is 19.4 Å². The first-order valence-electron chi connectivity index (χ1n) is 13.6. The number of nitrogens with zero attached hydrogens (tertiary/aromatic N) is 2. The van der Waals surface area contributed by atoms with Crippen LogP contribution in [0.2, 0.25) is 0 Å². The number of carboxylic acid groups (broad SMARTS) is 1. The highest BCUT2D eigenvalue weighted by Gasteiger charge is 2.40. The summed E-state index contributed by atoms with van der Waals surface area (Å²) < 4.78 is 25.6. The van der Waals surface area contributed by atoms with E-state index in [1.807, 2.05) is 19.1 Å². The number of sulfone groups is 1. The van der Waals surface area contributed by atoms with Gasteiger partial charge in [-0.2, -0.15) is 0 Å². The maximum absolute atomic E-state index is 13.8. The third-order valence-corrected chi connectivity index (χ3v) is 9.50. The molecule has 4 rings (SSSR count). The number of amides is 2. The normalized spacial score (nSPS) is 18.4. The Morgan fingerprint density at radius 3 is 2.40 bits per heavy atom. The highest BCUT2D eigenvalue weighted by Crippen LogP contribution is 2.37. The average Bonchev–Trinajstić information content (AvgIpc) is 3.71. The molecule has 2 aromatic rings. The maximum Gasteiger partial charge on any atom is 0.305 e. The molecule has 40 heavy (non-hydrogen) atoms. The van der Waals surface area contributed by atoms with Crippen LogP contribution in [0.5, 0.6) is 0 Å². The summed E-state index contributed by atoms with van der Waals surface area (Å²) in [4.78, 5) is 43.7. The fourth-order valence-electron chi connectivity index (χ4n) is 4.87. The van der Waals surface area contributed by atoms with E-state index < -0.39 is 22.0 Å². The van der Waals surface area contributed by atoms with E-state index in [9.17, 15) is 22.8 Å². The molecule has 2 N–H and O–H groups in total. The van der Waals surface area contributed by atoms with E-state index in [0.717, 1.165) is 12.0 Å². The zero-order chi connectivity index (χ0) is 29.2. The lowest BCUT2D eigenvalue weighted by atomic mass is 9.86. The topological polar surface area (TPSA) is 133 Å². The maximum atomic E-state index is 13.8. The molecule has 214 valence electrons. The second-order valence-corrected chi connectivity index (χ2v) is 14.0. The number of carbonyl (C=O) groups is 3. The van der Waals surface area contributed by atoms with E-state index >= 15 is 0 Å². The number of carbonyl (C=O) groups excluding carboxylic acids is 2. The van der Waals surface area contributed by atoms with Crippen molar-refractivity contribution in [3.05, 3.63) is 65.2 Å². The summed E-state index contributed by atoms with van der Waals surface area (Å²) >= 11 is 0. The predicted octanol–water partition coefficient (Wildman–Crippen LogP) is 4.37. The van der Waals surface area contributed by atoms with Crippen molar-refractivity contribution in [2.45, 2.75) is 82.2 Å². The molecule has 0 radical (unpaired) electrons. The average molecular weight is 568 g/mol. The lowest BCUT2D eigenvalue weighted by Gasteiger charge is -2.33. The van der Waals surface area contributed by atoms with Crippen LogP contribution in [0.25, 0.3) is 0 Å². The van der Waals surface area contributed by atoms with Gasteiger partial charge < -0.3 is 15.3 Å². The number of carboxylic acids is 1. The second-order valence-electron chi connectivity index (χ2n) is 11.7. The Hall–Kier alpha value is -3.53. The molecule has 0 bridgehead atoms. The fourth-order valence-corrected chi connectivity index (χ4v) is 6.57. The number of benzene rings is 2. The lowest BCUT2D eigenvalue weighted by molar-refractivity contribution is -0.136. The van der Waals surface area contributed by atoms with Gasteiger partial charge in [0, 0.05) is 17.7 Å². The zero-order valence-electron chi connectivity index (χ0n) is 23.4. The van der Waals surface area contributed by atoms with Crippen LogP contribution in [-0.4, -0.2) is 59.9 Å². The van der Waals surface area contributed by atoms with Gasteiger partial charge >= 0.3 is 5.97 Å². The van der Waals surface area contributed by atoms with Crippen molar-refractivity contribution in [3.8, 4) is 0 Å². The van der Waals surface area contributed by atoms with Crippen LogP contribution in [0.1, 0.15) is 87.3 Å². The first kappa shape index (κ1) is 29.5. The largest absolute Gasteiger partial charge is 0.481 e. The molecular formula is C30H37N3O6S. The van der Waals surface area contributed by atoms with Gasteiger partial charge in [-0.05, 0) is 67.9 Å². The van der Waals surface area contributed by atoms with Crippen LogP contribution in [0, 0.1) is 5.41 Å². The smallest absolute Gasteiger partial charge is 0.305 e. The fraction of sp³-hybridized carbons (Fsp3) is 0.467. The van der Waals surface area contributed by atoms with E-state index in [2.05, 4.69) is 31.1 Å². The van der Waals surface area contributed by atoms with Crippen molar-refractivity contribution in [1.82, 2.24) is 10.2 Å². The number of nitrogens with one attached hydrogen (secondary N) is 1. The van der Waals surface area contributed by atoms with E-state index in [4.69, 9.17) is 5.11 Å². The molecule has 0 saturated heterocycles. The van der Waals surface area contributed by atoms with Crippen LogP contribution in [0.3, 0.4) is 0 Å². The molecule has 0 spiro atoms. The Kier molecular flexibility index (Phi) is 8.49. The molecule has 2 aliphatic rings. The standard InChI is InChI=1S/C30H37N3O6S/c1-19-32-27(22-6-5-7-24(18-22)40(38,39)23-12-13-23)29(37)33(19)25(14-16-30(2,3)4)20-8-10-21(11-9-20)28(36)31-17-15-26(34)35/h5-11,18-19,23,25H,12-17H2,1-4H3,(H,31,36)(H,34,35)/t19?,25-/m1/s1. The van der Waals surface area contributed by atoms with Crippen LogP contribution in [0.4, 0.5) is 0 Å². The summed E-state index contributed by atoms with van der Waals surface area (Å²) in [6.45, 7) is 8.30. The SMILES string of the molecule is CC1N=C(c2cccc(S(=O)(=O)C3CC3)c2)C(=O)N1[C@H](CCC(C)(C)C)c1ccc(C(=O)NCCC(=O)O)cc1. The number of aliphatic imine (C=N–C) groups is 1. The lowest BCUT2D eigenvalue weighted by Crippen LogP contribution is -2.39. The number of rotatable bonds is 11. The molecule has 2 atom stereocenters. The van der Waals surface area contributed by atoms with Crippen molar-refractivity contribution < 1.29 is 27.9 Å². The quantitative estimate of drug-likeness (QED) is 0.414. The minimum atomic E-state index is -3.41. The molecule has 1 saturated carbocycles. The molecule has 1 aliphatic heterocycles. The Bertz CT molecular complexity index is 1420. The first-order valence-corrected chi connectivity index (χ1v) is 15.2. The molecule has 1 aliphatic carbocycles. The number of hydrogen-bond acceptors (Lipinski definition) is 6. The van der Waals surface area contributed by atoms with Crippen molar-refractivity contribution >= 4 is 33.3 Å². The van der Waals surface area contributed by atoms with E-state index in [-0.39, 0.29) is 52.1 Å². The predicted molar refractivity (Wildman–Crippen MR) is 152 cm³/mol. The Balaban J connectivity index is 1.58. The van der Waals surface area contributed by atoms with Gasteiger partial charge in [-0.1, -0.05) is 45.0 Å². The molecule has 1 unspecified atom stereocenters. The van der Waals surface area contributed by atoms with Gasteiger partial charge in [-0.25, -0.2) is 8.42 Å². The number of aliphatic carboxylic acids is 1. The molecule has 1 fully saturated rings. The number of hydrogen-bond donors (Lipinski definition) is 2. The molecular weight excluding hydrogens is 530 g/mol. The monoisotopic (exact) mass is 567 g/mol. The van der Waals surface area contributed by atoms with E-state index in [1.165, 1.54) is 0 Å². The molecule has 2 aromatic carbocycles. The van der Waals surface area contributed by atoms with Crippen molar-refractivity contribution in [3.63, 3.8) is 0 Å². The minimum Gasteiger partial charge on any atom is -0.481 e. The van der Waals surface area contributed by atoms with Crippen molar-refractivity contribution in [2.24, 2.45) is 10.4 Å². The van der Waals surface area contributed by atoms with Crippen LogP contribution >= 0.6 is 0 Å². The first-order chi connectivity index (χ1) is 18.8. The highest BCUT2D eigenvalue weighted by atomic mass is 32.2. The van der Waals surface area contributed by atoms with Gasteiger partial charge in [0.2, 0.25) is 0 Å². The molecule has 1 heterocycles. The van der Waals surface area contributed by atoms with E-state index in [1.54, 1.807) is 41.3 Å². The summed E-state index contributed by atoms with van der Waals surface area (Å²) in [7, 11) is -3.41. The third-order valence-electron chi connectivity index (χ3n) is 7.24. The summed E-state index contributed by atoms with van der Waals surface area (Å²) in [5.74, 6) is -1.61.